The number of ether oxygens (including phenoxy) is 1. The van der Waals surface area contributed by atoms with Crippen molar-refractivity contribution in [2.24, 2.45) is 5.73 Å². The van der Waals surface area contributed by atoms with Crippen molar-refractivity contribution in [2.45, 2.75) is 51.3 Å². The number of benzene rings is 1. The summed E-state index contributed by atoms with van der Waals surface area (Å²) in [7, 11) is 0. The average Bonchev–Trinajstić information content (AvgIpc) is 2.48. The molecule has 1 aliphatic rings. The van der Waals surface area contributed by atoms with Crippen molar-refractivity contribution in [3.8, 4) is 5.75 Å². The van der Waals surface area contributed by atoms with Crippen LogP contribution in [0.1, 0.15) is 31.7 Å². The summed E-state index contributed by atoms with van der Waals surface area (Å²) in [6, 6.07) is 6.33. The number of likely N-dealkylation sites (tertiary alicyclic amines) is 1. The number of nitrogens with two attached hydrogens (primary N) is 1. The molecule has 1 saturated heterocycles. The highest BCUT2D eigenvalue weighted by molar-refractivity contribution is 5.85. The molecular weight excluding hydrogens is 326 g/mol. The van der Waals surface area contributed by atoms with Crippen LogP contribution in [-0.2, 0) is 11.2 Å². The van der Waals surface area contributed by atoms with E-state index in [1.807, 2.05) is 6.92 Å². The van der Waals surface area contributed by atoms with E-state index in [0.717, 1.165) is 19.3 Å². The Labute approximate surface area is 141 Å². The monoisotopic (exact) mass is 348 g/mol. The van der Waals surface area contributed by atoms with Gasteiger partial charge in [0.05, 0.1) is 6.42 Å². The van der Waals surface area contributed by atoms with E-state index in [1.165, 1.54) is 6.07 Å². The summed E-state index contributed by atoms with van der Waals surface area (Å²) in [5, 5.41) is 0. The largest absolute Gasteiger partial charge is 0.435 e. The molecular formula is C16H23ClF2N2O2. The van der Waals surface area contributed by atoms with E-state index in [-0.39, 0.29) is 42.6 Å². The zero-order valence-electron chi connectivity index (χ0n) is 13.1. The number of alkyl halides is 2. The molecule has 1 aliphatic heterocycles. The number of halogens is 3. The van der Waals surface area contributed by atoms with E-state index in [2.05, 4.69) is 4.74 Å². The molecule has 0 radical (unpaired) electrons. The Hall–Kier alpha value is -1.40. The molecule has 0 spiro atoms. The summed E-state index contributed by atoms with van der Waals surface area (Å²) >= 11 is 0. The van der Waals surface area contributed by atoms with Gasteiger partial charge in [-0.05, 0) is 32.3 Å². The van der Waals surface area contributed by atoms with Crippen LogP contribution < -0.4 is 10.5 Å². The third-order valence-electron chi connectivity index (χ3n) is 4.01. The maximum absolute atomic E-state index is 12.5. The molecule has 1 fully saturated rings. The van der Waals surface area contributed by atoms with Crippen molar-refractivity contribution < 1.29 is 18.3 Å². The van der Waals surface area contributed by atoms with Crippen LogP contribution in [0.3, 0.4) is 0 Å². The summed E-state index contributed by atoms with van der Waals surface area (Å²) < 4.78 is 29.3. The third-order valence-corrected chi connectivity index (χ3v) is 4.01. The second-order valence-corrected chi connectivity index (χ2v) is 5.67. The van der Waals surface area contributed by atoms with Crippen molar-refractivity contribution in [3.05, 3.63) is 29.8 Å². The van der Waals surface area contributed by atoms with Crippen molar-refractivity contribution in [1.29, 1.82) is 0 Å². The topological polar surface area (TPSA) is 55.6 Å². The molecule has 2 N–H and O–H groups in total. The van der Waals surface area contributed by atoms with Gasteiger partial charge in [-0.15, -0.1) is 12.4 Å². The van der Waals surface area contributed by atoms with Gasteiger partial charge in [-0.25, -0.2) is 0 Å². The lowest BCUT2D eigenvalue weighted by Gasteiger charge is -2.38. The normalized spacial score (nSPS) is 19.2. The molecule has 2 rings (SSSR count). The van der Waals surface area contributed by atoms with Gasteiger partial charge in [0.2, 0.25) is 5.91 Å². The van der Waals surface area contributed by atoms with Crippen LogP contribution >= 0.6 is 12.4 Å². The molecule has 1 aromatic rings. The second-order valence-electron chi connectivity index (χ2n) is 5.67. The molecule has 0 aliphatic carbocycles. The van der Waals surface area contributed by atoms with Gasteiger partial charge in [-0.1, -0.05) is 18.2 Å². The number of carbonyl (C=O) groups is 1. The number of carbonyl (C=O) groups excluding carboxylic acids is 1. The second kappa shape index (κ2) is 9.03. The quantitative estimate of drug-likeness (QED) is 0.890. The number of hydrogen-bond acceptors (Lipinski definition) is 3. The smallest absolute Gasteiger partial charge is 0.387 e. The predicted molar refractivity (Wildman–Crippen MR) is 87.0 cm³/mol. The van der Waals surface area contributed by atoms with Crippen molar-refractivity contribution >= 4 is 18.3 Å². The van der Waals surface area contributed by atoms with Crippen LogP contribution in [-0.4, -0.2) is 36.0 Å². The van der Waals surface area contributed by atoms with E-state index < -0.39 is 6.61 Å². The number of nitrogens with zero attached hydrogens (tertiary/aromatic N) is 1. The van der Waals surface area contributed by atoms with Gasteiger partial charge in [0, 0.05) is 24.2 Å². The van der Waals surface area contributed by atoms with Crippen LogP contribution in [0.2, 0.25) is 0 Å². The minimum atomic E-state index is -2.90. The molecule has 1 amide bonds. The first-order valence-corrected chi connectivity index (χ1v) is 7.57. The fourth-order valence-corrected chi connectivity index (χ4v) is 2.94. The van der Waals surface area contributed by atoms with E-state index >= 15 is 0 Å². The number of para-hydroxylation sites is 1. The number of piperidine rings is 1. The third kappa shape index (κ3) is 5.32. The molecule has 7 heteroatoms. The summed E-state index contributed by atoms with van der Waals surface area (Å²) in [5.74, 6) is -0.0347. The van der Waals surface area contributed by atoms with Crippen LogP contribution in [0.15, 0.2) is 24.3 Å². The number of amides is 1. The van der Waals surface area contributed by atoms with Gasteiger partial charge in [-0.3, -0.25) is 4.79 Å². The van der Waals surface area contributed by atoms with Gasteiger partial charge < -0.3 is 15.4 Å². The molecule has 2 atom stereocenters. The molecule has 130 valence electrons. The van der Waals surface area contributed by atoms with Gasteiger partial charge in [-0.2, -0.15) is 8.78 Å². The first-order chi connectivity index (χ1) is 10.5. The minimum Gasteiger partial charge on any atom is -0.435 e. The highest BCUT2D eigenvalue weighted by atomic mass is 35.5. The fraction of sp³-hybridized carbons (Fsp3) is 0.562. The lowest BCUT2D eigenvalue weighted by molar-refractivity contribution is -0.134. The molecule has 1 heterocycles. The predicted octanol–water partition coefficient (Wildman–Crippen LogP) is 2.98. The summed E-state index contributed by atoms with van der Waals surface area (Å²) in [6.45, 7) is -0.337. The molecule has 23 heavy (non-hydrogen) atoms. The zero-order chi connectivity index (χ0) is 16.1. The number of rotatable bonds is 5. The molecule has 4 nitrogen and oxygen atoms in total. The average molecular weight is 349 g/mol. The van der Waals surface area contributed by atoms with Gasteiger partial charge in [0.15, 0.2) is 0 Å². The zero-order valence-corrected chi connectivity index (χ0v) is 13.9. The molecule has 0 bridgehead atoms. The fourth-order valence-electron chi connectivity index (χ4n) is 2.94. The van der Waals surface area contributed by atoms with Crippen LogP contribution in [0.5, 0.6) is 5.75 Å². The Balaban J connectivity index is 0.00000264. The lowest BCUT2D eigenvalue weighted by atomic mass is 9.96. The van der Waals surface area contributed by atoms with E-state index in [9.17, 15) is 13.6 Å². The Morgan fingerprint density at radius 2 is 2.09 bits per heavy atom. The Bertz CT molecular complexity index is 515. The van der Waals surface area contributed by atoms with Crippen LogP contribution in [0, 0.1) is 0 Å². The summed E-state index contributed by atoms with van der Waals surface area (Å²) in [4.78, 5) is 14.3. The van der Waals surface area contributed by atoms with Crippen molar-refractivity contribution in [1.82, 2.24) is 4.90 Å². The lowest BCUT2D eigenvalue weighted by Crippen LogP contribution is -2.52. The van der Waals surface area contributed by atoms with Crippen LogP contribution in [0.4, 0.5) is 8.78 Å². The molecule has 1 aromatic carbocycles. The van der Waals surface area contributed by atoms with Gasteiger partial charge >= 0.3 is 6.61 Å². The van der Waals surface area contributed by atoms with Crippen molar-refractivity contribution in [3.63, 3.8) is 0 Å². The highest BCUT2D eigenvalue weighted by Crippen LogP contribution is 2.24. The Morgan fingerprint density at radius 3 is 2.74 bits per heavy atom. The first-order valence-electron chi connectivity index (χ1n) is 7.57. The van der Waals surface area contributed by atoms with E-state index in [1.54, 1.807) is 23.1 Å². The Morgan fingerprint density at radius 1 is 1.39 bits per heavy atom. The molecule has 2 unspecified atom stereocenters. The van der Waals surface area contributed by atoms with Gasteiger partial charge in [0.25, 0.3) is 0 Å². The first kappa shape index (κ1) is 19.6. The maximum atomic E-state index is 12.5. The molecule has 0 aromatic heterocycles. The van der Waals surface area contributed by atoms with Gasteiger partial charge in [0.1, 0.15) is 5.75 Å². The minimum absolute atomic E-state index is 0. The van der Waals surface area contributed by atoms with Crippen molar-refractivity contribution in [2.75, 3.05) is 6.54 Å². The number of hydrogen-bond donors (Lipinski definition) is 1. The SMILES string of the molecule is CC(N)C1CCCCN1C(=O)Cc1ccccc1OC(F)F.Cl. The standard InChI is InChI=1S/C16H22F2N2O2.ClH/c1-11(19)13-7-4-5-9-20(13)15(21)10-12-6-2-3-8-14(12)22-16(17)18;/h2-3,6,8,11,13,16H,4-5,7,9-10,19H2,1H3;1H. The molecule has 0 saturated carbocycles. The van der Waals surface area contributed by atoms with E-state index in [0.29, 0.717) is 12.1 Å². The summed E-state index contributed by atoms with van der Waals surface area (Å²) in [5.41, 5.74) is 6.44. The van der Waals surface area contributed by atoms with Crippen LogP contribution in [0.25, 0.3) is 0 Å². The Kier molecular flexibility index (Phi) is 7.72. The maximum Gasteiger partial charge on any atom is 0.387 e. The summed E-state index contributed by atoms with van der Waals surface area (Å²) in [6.07, 6.45) is 2.94. The highest BCUT2D eigenvalue weighted by Gasteiger charge is 2.29. The van der Waals surface area contributed by atoms with E-state index in [4.69, 9.17) is 5.73 Å².